The summed E-state index contributed by atoms with van der Waals surface area (Å²) in [5.41, 5.74) is 0.982. The largest absolute Gasteiger partial charge is 0.395 e. The molecule has 1 aromatic rings. The molecule has 0 bridgehead atoms. The van der Waals surface area contributed by atoms with Gasteiger partial charge in [-0.2, -0.15) is 0 Å². The molecule has 5 nitrogen and oxygen atoms in total. The Morgan fingerprint density at radius 2 is 1.79 bits per heavy atom. The van der Waals surface area contributed by atoms with E-state index in [0.29, 0.717) is 13.1 Å². The minimum atomic E-state index is -0.591. The number of rotatable bonds is 5. The maximum Gasteiger partial charge on any atom is 0.312 e. The lowest BCUT2D eigenvalue weighted by molar-refractivity contribution is -0.151. The van der Waals surface area contributed by atoms with Gasteiger partial charge in [0.1, 0.15) is 0 Å². The smallest absolute Gasteiger partial charge is 0.312 e. The number of amides is 2. The van der Waals surface area contributed by atoms with Crippen molar-refractivity contribution < 1.29 is 14.7 Å². The zero-order chi connectivity index (χ0) is 14.3. The van der Waals surface area contributed by atoms with Gasteiger partial charge in [-0.3, -0.25) is 9.59 Å². The number of aliphatic hydroxyl groups is 1. The molecule has 0 aliphatic heterocycles. The fourth-order valence-electron chi connectivity index (χ4n) is 1.68. The second-order valence-corrected chi connectivity index (χ2v) is 4.26. The van der Waals surface area contributed by atoms with Crippen molar-refractivity contribution in [3.05, 3.63) is 35.9 Å². The molecule has 19 heavy (non-hydrogen) atoms. The Morgan fingerprint density at radius 1 is 1.16 bits per heavy atom. The summed E-state index contributed by atoms with van der Waals surface area (Å²) >= 11 is 0. The van der Waals surface area contributed by atoms with Crippen molar-refractivity contribution in [3.63, 3.8) is 0 Å². The van der Waals surface area contributed by atoms with E-state index in [0.717, 1.165) is 5.56 Å². The summed E-state index contributed by atoms with van der Waals surface area (Å²) in [7, 11) is 1.51. The molecule has 0 heterocycles. The highest BCUT2D eigenvalue weighted by atomic mass is 16.3. The Labute approximate surface area is 113 Å². The van der Waals surface area contributed by atoms with Crippen molar-refractivity contribution >= 4 is 11.8 Å². The molecule has 0 spiro atoms. The van der Waals surface area contributed by atoms with E-state index in [4.69, 9.17) is 5.11 Å². The average Bonchev–Trinajstić information content (AvgIpc) is 2.44. The molecule has 0 unspecified atom stereocenters. The number of likely N-dealkylation sites (N-methyl/N-ethyl adjacent to an activating group) is 2. The van der Waals surface area contributed by atoms with Crippen LogP contribution in [0.15, 0.2) is 30.3 Å². The van der Waals surface area contributed by atoms with Crippen LogP contribution >= 0.6 is 0 Å². The van der Waals surface area contributed by atoms with Crippen LogP contribution in [0.1, 0.15) is 12.5 Å². The SMILES string of the molecule is CCN(Cc1ccccc1)C(=O)C(=O)N(C)CCO. The Kier molecular flexibility index (Phi) is 6.02. The molecule has 0 radical (unpaired) electrons. The first kappa shape index (κ1) is 15.2. The van der Waals surface area contributed by atoms with Crippen LogP contribution in [0.2, 0.25) is 0 Å². The second kappa shape index (κ2) is 7.53. The third-order valence-corrected chi connectivity index (χ3v) is 2.85. The van der Waals surface area contributed by atoms with E-state index in [-0.39, 0.29) is 13.2 Å². The maximum atomic E-state index is 12.0. The normalized spacial score (nSPS) is 10.1. The van der Waals surface area contributed by atoms with Crippen LogP contribution in [0.25, 0.3) is 0 Å². The van der Waals surface area contributed by atoms with E-state index in [1.807, 2.05) is 37.3 Å². The van der Waals surface area contributed by atoms with Gasteiger partial charge in [0, 0.05) is 26.7 Å². The summed E-state index contributed by atoms with van der Waals surface area (Å²) in [5, 5.41) is 8.78. The molecule has 0 aromatic heterocycles. The molecule has 1 rings (SSSR count). The van der Waals surface area contributed by atoms with Gasteiger partial charge in [-0.1, -0.05) is 30.3 Å². The molecule has 1 N–H and O–H groups in total. The van der Waals surface area contributed by atoms with Crippen LogP contribution in [0.5, 0.6) is 0 Å². The van der Waals surface area contributed by atoms with Gasteiger partial charge in [0.2, 0.25) is 0 Å². The highest BCUT2D eigenvalue weighted by Crippen LogP contribution is 2.05. The van der Waals surface area contributed by atoms with Crippen molar-refractivity contribution in [3.8, 4) is 0 Å². The number of hydrogen-bond acceptors (Lipinski definition) is 3. The Hall–Kier alpha value is -1.88. The third-order valence-electron chi connectivity index (χ3n) is 2.85. The van der Waals surface area contributed by atoms with Crippen LogP contribution in [0, 0.1) is 0 Å². The molecule has 104 valence electrons. The zero-order valence-corrected chi connectivity index (χ0v) is 11.4. The van der Waals surface area contributed by atoms with E-state index in [1.54, 1.807) is 0 Å². The minimum absolute atomic E-state index is 0.152. The molecule has 0 atom stereocenters. The molecular weight excluding hydrogens is 244 g/mol. The van der Waals surface area contributed by atoms with Gasteiger partial charge in [0.25, 0.3) is 0 Å². The van der Waals surface area contributed by atoms with Gasteiger partial charge in [-0.25, -0.2) is 0 Å². The molecule has 1 aromatic carbocycles. The van der Waals surface area contributed by atoms with Gasteiger partial charge >= 0.3 is 11.8 Å². The molecule has 0 saturated carbocycles. The molecular formula is C14H20N2O3. The summed E-state index contributed by atoms with van der Waals surface area (Å²) < 4.78 is 0. The molecule has 0 aliphatic rings. The van der Waals surface area contributed by atoms with Crippen molar-refractivity contribution in [1.82, 2.24) is 9.80 Å². The Morgan fingerprint density at radius 3 is 2.32 bits per heavy atom. The summed E-state index contributed by atoms with van der Waals surface area (Å²) in [4.78, 5) is 26.6. The van der Waals surface area contributed by atoms with E-state index in [2.05, 4.69) is 0 Å². The molecule has 0 aliphatic carbocycles. The van der Waals surface area contributed by atoms with Gasteiger partial charge in [-0.05, 0) is 12.5 Å². The minimum Gasteiger partial charge on any atom is -0.395 e. The number of nitrogens with zero attached hydrogens (tertiary/aromatic N) is 2. The lowest BCUT2D eigenvalue weighted by Gasteiger charge is -2.23. The standard InChI is InChI=1S/C14H20N2O3/c1-3-16(11-12-7-5-4-6-8-12)14(19)13(18)15(2)9-10-17/h4-8,17H,3,9-11H2,1-2H3. The lowest BCUT2D eigenvalue weighted by atomic mass is 10.2. The summed E-state index contributed by atoms with van der Waals surface area (Å²) in [6, 6.07) is 9.53. The summed E-state index contributed by atoms with van der Waals surface area (Å²) in [5.74, 6) is -1.13. The van der Waals surface area contributed by atoms with Gasteiger partial charge < -0.3 is 14.9 Å². The van der Waals surface area contributed by atoms with Gasteiger partial charge in [-0.15, -0.1) is 0 Å². The zero-order valence-electron chi connectivity index (χ0n) is 11.4. The number of carbonyl (C=O) groups excluding carboxylic acids is 2. The summed E-state index contributed by atoms with van der Waals surface area (Å²) in [6.45, 7) is 2.72. The van der Waals surface area contributed by atoms with Crippen LogP contribution in [0.4, 0.5) is 0 Å². The van der Waals surface area contributed by atoms with Crippen molar-refractivity contribution in [1.29, 1.82) is 0 Å². The maximum absolute atomic E-state index is 12.0. The van der Waals surface area contributed by atoms with Crippen LogP contribution < -0.4 is 0 Å². The quantitative estimate of drug-likeness (QED) is 0.787. The molecule has 2 amide bonds. The van der Waals surface area contributed by atoms with Crippen molar-refractivity contribution in [2.24, 2.45) is 0 Å². The fourth-order valence-corrected chi connectivity index (χ4v) is 1.68. The monoisotopic (exact) mass is 264 g/mol. The van der Waals surface area contributed by atoms with Crippen molar-refractivity contribution in [2.45, 2.75) is 13.5 Å². The van der Waals surface area contributed by atoms with E-state index >= 15 is 0 Å². The van der Waals surface area contributed by atoms with Crippen LogP contribution in [-0.4, -0.2) is 53.5 Å². The Balaban J connectivity index is 2.69. The lowest BCUT2D eigenvalue weighted by Crippen LogP contribution is -2.44. The molecule has 0 saturated heterocycles. The molecule has 0 fully saturated rings. The first-order valence-electron chi connectivity index (χ1n) is 6.29. The first-order valence-corrected chi connectivity index (χ1v) is 6.29. The van der Waals surface area contributed by atoms with Gasteiger partial charge in [0.05, 0.1) is 6.61 Å². The Bertz CT molecular complexity index is 420. The molecule has 5 heteroatoms. The topological polar surface area (TPSA) is 60.9 Å². The average molecular weight is 264 g/mol. The predicted molar refractivity (Wildman–Crippen MR) is 72.3 cm³/mol. The van der Waals surface area contributed by atoms with E-state index in [1.165, 1.54) is 16.8 Å². The fraction of sp³-hybridized carbons (Fsp3) is 0.429. The van der Waals surface area contributed by atoms with Crippen LogP contribution in [0.3, 0.4) is 0 Å². The van der Waals surface area contributed by atoms with Gasteiger partial charge in [0.15, 0.2) is 0 Å². The van der Waals surface area contributed by atoms with E-state index < -0.39 is 11.8 Å². The second-order valence-electron chi connectivity index (χ2n) is 4.26. The van der Waals surface area contributed by atoms with Crippen LogP contribution in [-0.2, 0) is 16.1 Å². The first-order chi connectivity index (χ1) is 9.10. The number of carbonyl (C=O) groups is 2. The number of hydrogen-bond donors (Lipinski definition) is 1. The summed E-state index contributed by atoms with van der Waals surface area (Å²) in [6.07, 6.45) is 0. The number of benzene rings is 1. The van der Waals surface area contributed by atoms with E-state index in [9.17, 15) is 9.59 Å². The number of aliphatic hydroxyl groups excluding tert-OH is 1. The highest BCUT2D eigenvalue weighted by molar-refractivity contribution is 6.34. The highest BCUT2D eigenvalue weighted by Gasteiger charge is 2.23. The predicted octanol–water partition coefficient (Wildman–Crippen LogP) is 0.486. The van der Waals surface area contributed by atoms with Crippen molar-refractivity contribution in [2.75, 3.05) is 26.7 Å². The third kappa shape index (κ3) is 4.37.